The lowest BCUT2D eigenvalue weighted by Gasteiger charge is -2.03. The molecule has 1 aromatic carbocycles. The molecule has 0 aromatic heterocycles. The van der Waals surface area contributed by atoms with E-state index in [9.17, 15) is 4.39 Å². The smallest absolute Gasteiger partial charge is 0.170 e. The SMILES string of the molecule is COc1cc(F)cc(C(N)=NO)c1. The van der Waals surface area contributed by atoms with E-state index in [0.717, 1.165) is 6.07 Å². The number of hydrogen-bond donors (Lipinski definition) is 2. The van der Waals surface area contributed by atoms with Crippen LogP contribution in [0.15, 0.2) is 23.4 Å². The Hall–Kier alpha value is -1.78. The molecule has 3 N–H and O–H groups in total. The van der Waals surface area contributed by atoms with Crippen LogP contribution in [0.25, 0.3) is 0 Å². The summed E-state index contributed by atoms with van der Waals surface area (Å²) in [5.41, 5.74) is 5.54. The molecule has 0 saturated heterocycles. The van der Waals surface area contributed by atoms with Crippen molar-refractivity contribution in [2.45, 2.75) is 0 Å². The Morgan fingerprint density at radius 2 is 2.23 bits per heavy atom. The van der Waals surface area contributed by atoms with Crippen LogP contribution < -0.4 is 10.5 Å². The highest BCUT2D eigenvalue weighted by Gasteiger charge is 2.04. The number of nitrogens with zero attached hydrogens (tertiary/aromatic N) is 1. The number of amidine groups is 1. The molecule has 1 rings (SSSR count). The van der Waals surface area contributed by atoms with E-state index in [1.54, 1.807) is 0 Å². The second-order valence-electron chi connectivity index (χ2n) is 2.36. The van der Waals surface area contributed by atoms with Crippen molar-refractivity contribution in [2.24, 2.45) is 10.9 Å². The number of ether oxygens (including phenoxy) is 1. The standard InChI is InChI=1S/C8H9FN2O2/c1-13-7-3-5(8(10)11-12)2-6(9)4-7/h2-4,12H,1H3,(H2,10,11). The van der Waals surface area contributed by atoms with E-state index < -0.39 is 5.82 Å². The van der Waals surface area contributed by atoms with Crippen LogP contribution in [0.2, 0.25) is 0 Å². The maximum atomic E-state index is 12.8. The predicted octanol–water partition coefficient (Wildman–Crippen LogP) is 0.929. The molecule has 0 atom stereocenters. The summed E-state index contributed by atoms with van der Waals surface area (Å²) in [5.74, 6) is -0.333. The Labute approximate surface area is 74.4 Å². The average molecular weight is 184 g/mol. The highest BCUT2D eigenvalue weighted by atomic mass is 19.1. The fourth-order valence-corrected chi connectivity index (χ4v) is 0.886. The van der Waals surface area contributed by atoms with Crippen molar-refractivity contribution in [1.29, 1.82) is 0 Å². The molecule has 0 aliphatic rings. The number of halogens is 1. The summed E-state index contributed by atoms with van der Waals surface area (Å²) in [6.45, 7) is 0. The Kier molecular flexibility index (Phi) is 2.69. The van der Waals surface area contributed by atoms with E-state index in [1.165, 1.54) is 19.2 Å². The maximum absolute atomic E-state index is 12.8. The molecular weight excluding hydrogens is 175 g/mol. The first kappa shape index (κ1) is 9.31. The molecule has 5 heteroatoms. The molecule has 0 unspecified atom stereocenters. The highest BCUT2D eigenvalue weighted by molar-refractivity contribution is 5.97. The second kappa shape index (κ2) is 3.75. The van der Waals surface area contributed by atoms with Gasteiger partial charge in [-0.1, -0.05) is 5.16 Å². The van der Waals surface area contributed by atoms with Gasteiger partial charge in [-0.15, -0.1) is 0 Å². The molecule has 0 heterocycles. The summed E-state index contributed by atoms with van der Waals surface area (Å²) < 4.78 is 17.6. The van der Waals surface area contributed by atoms with Crippen LogP contribution in [0.1, 0.15) is 5.56 Å². The van der Waals surface area contributed by atoms with Crippen molar-refractivity contribution in [3.05, 3.63) is 29.6 Å². The van der Waals surface area contributed by atoms with Gasteiger partial charge in [-0.25, -0.2) is 4.39 Å². The third-order valence-electron chi connectivity index (χ3n) is 1.51. The van der Waals surface area contributed by atoms with Crippen LogP contribution in [0.3, 0.4) is 0 Å². The summed E-state index contributed by atoms with van der Waals surface area (Å²) in [7, 11) is 1.41. The van der Waals surface area contributed by atoms with Crippen LogP contribution in [-0.2, 0) is 0 Å². The molecule has 0 bridgehead atoms. The predicted molar refractivity (Wildman–Crippen MR) is 45.5 cm³/mol. The van der Waals surface area contributed by atoms with Gasteiger partial charge in [-0.3, -0.25) is 0 Å². The molecule has 4 nitrogen and oxygen atoms in total. The summed E-state index contributed by atoms with van der Waals surface area (Å²) >= 11 is 0. The number of hydrogen-bond acceptors (Lipinski definition) is 3. The summed E-state index contributed by atoms with van der Waals surface area (Å²) in [5, 5.41) is 11.1. The third kappa shape index (κ3) is 2.08. The lowest BCUT2D eigenvalue weighted by Crippen LogP contribution is -2.13. The second-order valence-corrected chi connectivity index (χ2v) is 2.36. The number of rotatable bonds is 2. The Balaban J connectivity index is 3.16. The van der Waals surface area contributed by atoms with Gasteiger partial charge in [0.2, 0.25) is 0 Å². The van der Waals surface area contributed by atoms with Crippen molar-refractivity contribution in [3.63, 3.8) is 0 Å². The minimum absolute atomic E-state index is 0.155. The first-order valence-electron chi connectivity index (χ1n) is 3.50. The summed E-state index contributed by atoms with van der Waals surface area (Å²) in [4.78, 5) is 0. The lowest BCUT2D eigenvalue weighted by atomic mass is 10.2. The molecule has 1 aromatic rings. The molecular formula is C8H9FN2O2. The monoisotopic (exact) mass is 184 g/mol. The lowest BCUT2D eigenvalue weighted by molar-refractivity contribution is 0.318. The minimum atomic E-state index is -0.499. The molecule has 0 saturated carbocycles. The number of nitrogens with two attached hydrogens (primary N) is 1. The van der Waals surface area contributed by atoms with Crippen molar-refractivity contribution in [1.82, 2.24) is 0 Å². The van der Waals surface area contributed by atoms with Gasteiger partial charge in [0.15, 0.2) is 5.84 Å². The van der Waals surface area contributed by atoms with Gasteiger partial charge in [0, 0.05) is 11.6 Å². The van der Waals surface area contributed by atoms with Crippen LogP contribution in [-0.4, -0.2) is 18.2 Å². The van der Waals surface area contributed by atoms with Crippen molar-refractivity contribution < 1.29 is 14.3 Å². The molecule has 0 aliphatic carbocycles. The first-order valence-corrected chi connectivity index (χ1v) is 3.50. The quantitative estimate of drug-likeness (QED) is 0.311. The zero-order valence-corrected chi connectivity index (χ0v) is 6.99. The highest BCUT2D eigenvalue weighted by Crippen LogP contribution is 2.15. The van der Waals surface area contributed by atoms with Gasteiger partial charge in [-0.05, 0) is 12.1 Å². The fraction of sp³-hybridized carbons (Fsp3) is 0.125. The Morgan fingerprint density at radius 3 is 2.77 bits per heavy atom. The number of benzene rings is 1. The fourth-order valence-electron chi connectivity index (χ4n) is 0.886. The number of oxime groups is 1. The molecule has 0 aliphatic heterocycles. The average Bonchev–Trinajstić information content (AvgIpc) is 2.15. The van der Waals surface area contributed by atoms with E-state index in [2.05, 4.69) is 5.16 Å². The van der Waals surface area contributed by atoms with Gasteiger partial charge in [0.25, 0.3) is 0 Å². The van der Waals surface area contributed by atoms with Crippen LogP contribution in [0.5, 0.6) is 5.75 Å². The van der Waals surface area contributed by atoms with Crippen molar-refractivity contribution in [2.75, 3.05) is 7.11 Å². The molecule has 0 fully saturated rings. The molecule has 0 amide bonds. The van der Waals surface area contributed by atoms with E-state index in [-0.39, 0.29) is 11.4 Å². The topological polar surface area (TPSA) is 67.8 Å². The minimum Gasteiger partial charge on any atom is -0.497 e. The van der Waals surface area contributed by atoms with Crippen LogP contribution in [0.4, 0.5) is 4.39 Å². The summed E-state index contributed by atoms with van der Waals surface area (Å²) in [6.07, 6.45) is 0. The van der Waals surface area contributed by atoms with E-state index in [4.69, 9.17) is 15.7 Å². The van der Waals surface area contributed by atoms with Crippen LogP contribution >= 0.6 is 0 Å². The van der Waals surface area contributed by atoms with E-state index in [0.29, 0.717) is 5.75 Å². The van der Waals surface area contributed by atoms with Gasteiger partial charge < -0.3 is 15.7 Å². The molecule has 13 heavy (non-hydrogen) atoms. The van der Waals surface area contributed by atoms with Gasteiger partial charge in [-0.2, -0.15) is 0 Å². The van der Waals surface area contributed by atoms with Crippen molar-refractivity contribution in [3.8, 4) is 5.75 Å². The molecule has 0 spiro atoms. The normalized spacial score (nSPS) is 11.4. The van der Waals surface area contributed by atoms with Crippen molar-refractivity contribution >= 4 is 5.84 Å². The maximum Gasteiger partial charge on any atom is 0.170 e. The van der Waals surface area contributed by atoms with Crippen LogP contribution in [0, 0.1) is 5.82 Å². The Morgan fingerprint density at radius 1 is 1.54 bits per heavy atom. The first-order chi connectivity index (χ1) is 6.17. The largest absolute Gasteiger partial charge is 0.497 e. The van der Waals surface area contributed by atoms with Gasteiger partial charge >= 0.3 is 0 Å². The summed E-state index contributed by atoms with van der Waals surface area (Å²) in [6, 6.07) is 3.82. The van der Waals surface area contributed by atoms with Gasteiger partial charge in [0.1, 0.15) is 11.6 Å². The Bertz CT molecular complexity index is 339. The van der Waals surface area contributed by atoms with Gasteiger partial charge in [0.05, 0.1) is 7.11 Å². The van der Waals surface area contributed by atoms with E-state index >= 15 is 0 Å². The number of methoxy groups -OCH3 is 1. The molecule has 70 valence electrons. The van der Waals surface area contributed by atoms with E-state index in [1.807, 2.05) is 0 Å². The zero-order valence-electron chi connectivity index (χ0n) is 6.99. The molecule has 0 radical (unpaired) electrons. The third-order valence-corrected chi connectivity index (χ3v) is 1.51. The zero-order chi connectivity index (χ0) is 9.84.